The van der Waals surface area contributed by atoms with Gasteiger partial charge in [-0.25, -0.2) is 9.69 Å². The Balaban J connectivity index is 1.65. The third-order valence-electron chi connectivity index (χ3n) is 4.11. The van der Waals surface area contributed by atoms with Gasteiger partial charge in [0.05, 0.1) is 18.9 Å². The molecule has 1 aliphatic rings. The molecule has 0 amide bonds. The van der Waals surface area contributed by atoms with Crippen LogP contribution in [0.1, 0.15) is 5.56 Å². The predicted octanol–water partition coefficient (Wildman–Crippen LogP) is 2.80. The van der Waals surface area contributed by atoms with Gasteiger partial charge in [-0.2, -0.15) is 5.10 Å². The summed E-state index contributed by atoms with van der Waals surface area (Å²) in [6.07, 6.45) is 9.06. The minimum atomic E-state index is 0.807. The highest BCUT2D eigenvalue weighted by Crippen LogP contribution is 2.20. The molecule has 3 rings (SSSR count). The molecule has 0 bridgehead atoms. The summed E-state index contributed by atoms with van der Waals surface area (Å²) >= 11 is 1.80. The highest BCUT2D eigenvalue weighted by molar-refractivity contribution is 8.02. The van der Waals surface area contributed by atoms with Gasteiger partial charge in [-0.15, -0.1) is 11.8 Å². The lowest BCUT2D eigenvalue weighted by Gasteiger charge is -2.34. The Bertz CT molecular complexity index is 648. The Morgan fingerprint density at radius 3 is 2.67 bits per heavy atom. The van der Waals surface area contributed by atoms with Gasteiger partial charge in [0, 0.05) is 50.1 Å². The van der Waals surface area contributed by atoms with Crippen molar-refractivity contribution in [1.29, 1.82) is 0 Å². The van der Waals surface area contributed by atoms with E-state index in [2.05, 4.69) is 58.9 Å². The van der Waals surface area contributed by atoms with Crippen molar-refractivity contribution < 1.29 is 4.74 Å². The monoisotopic (exact) mass is 344 g/mol. The summed E-state index contributed by atoms with van der Waals surface area (Å²) in [6, 6.07) is 10.5. The molecule has 24 heavy (non-hydrogen) atoms. The van der Waals surface area contributed by atoms with Gasteiger partial charge in [-0.1, -0.05) is 12.1 Å². The van der Waals surface area contributed by atoms with E-state index in [4.69, 9.17) is 4.74 Å². The number of hydrogen-bond acceptors (Lipinski definition) is 5. The summed E-state index contributed by atoms with van der Waals surface area (Å²) in [5.74, 6) is 0. The summed E-state index contributed by atoms with van der Waals surface area (Å²) in [7, 11) is 2.11. The third kappa shape index (κ3) is 4.41. The first-order valence-electron chi connectivity index (χ1n) is 8.15. The molecule has 6 heteroatoms. The Hall–Kier alpha value is -1.76. The van der Waals surface area contributed by atoms with Gasteiger partial charge in [-0.3, -0.25) is 0 Å². The minimum absolute atomic E-state index is 0.807. The van der Waals surface area contributed by atoms with Crippen molar-refractivity contribution >= 4 is 11.8 Å². The SMILES string of the molecule is CS/C(=C\N(C)N1CCOCC1)Cc1ccc(-n2cccn2)cc1. The number of rotatable bonds is 6. The third-order valence-corrected chi connectivity index (χ3v) is 4.88. The zero-order chi connectivity index (χ0) is 16.8. The second kappa shape index (κ2) is 8.37. The molecule has 0 saturated carbocycles. The van der Waals surface area contributed by atoms with E-state index >= 15 is 0 Å². The first-order chi connectivity index (χ1) is 11.8. The molecule has 128 valence electrons. The molecule has 0 radical (unpaired) electrons. The van der Waals surface area contributed by atoms with Gasteiger partial charge in [0.25, 0.3) is 0 Å². The van der Waals surface area contributed by atoms with Crippen molar-refractivity contribution in [2.24, 2.45) is 0 Å². The molecule has 0 atom stereocenters. The van der Waals surface area contributed by atoms with E-state index in [0.29, 0.717) is 0 Å². The summed E-state index contributed by atoms with van der Waals surface area (Å²) in [4.78, 5) is 1.34. The molecule has 0 N–H and O–H groups in total. The quantitative estimate of drug-likeness (QED) is 0.805. The van der Waals surface area contributed by atoms with E-state index in [-0.39, 0.29) is 0 Å². The van der Waals surface area contributed by atoms with Crippen molar-refractivity contribution in [2.45, 2.75) is 6.42 Å². The fourth-order valence-electron chi connectivity index (χ4n) is 2.72. The van der Waals surface area contributed by atoms with Crippen LogP contribution in [0.15, 0.2) is 53.8 Å². The topological polar surface area (TPSA) is 33.5 Å². The van der Waals surface area contributed by atoms with Gasteiger partial charge < -0.3 is 9.75 Å². The molecule has 1 saturated heterocycles. The number of ether oxygens (including phenoxy) is 1. The first-order valence-corrected chi connectivity index (χ1v) is 9.38. The van der Waals surface area contributed by atoms with Crippen LogP contribution in [0, 0.1) is 0 Å². The smallest absolute Gasteiger partial charge is 0.0645 e. The number of nitrogens with zero attached hydrogens (tertiary/aromatic N) is 4. The second-order valence-corrected chi connectivity index (χ2v) is 6.67. The molecule has 0 spiro atoms. The molecule has 1 aliphatic heterocycles. The molecule has 1 fully saturated rings. The Morgan fingerprint density at radius 1 is 1.29 bits per heavy atom. The van der Waals surface area contributed by atoms with Crippen LogP contribution in [-0.2, 0) is 11.2 Å². The van der Waals surface area contributed by atoms with Crippen LogP contribution >= 0.6 is 11.8 Å². The van der Waals surface area contributed by atoms with Crippen molar-refractivity contribution in [3.63, 3.8) is 0 Å². The van der Waals surface area contributed by atoms with E-state index in [1.165, 1.54) is 10.5 Å². The zero-order valence-corrected chi connectivity index (χ0v) is 15.1. The Morgan fingerprint density at radius 2 is 2.04 bits per heavy atom. The minimum Gasteiger partial charge on any atom is -0.379 e. The predicted molar refractivity (Wildman–Crippen MR) is 99.0 cm³/mol. The van der Waals surface area contributed by atoms with Crippen molar-refractivity contribution in [3.05, 3.63) is 59.4 Å². The number of morpholine rings is 1. The largest absolute Gasteiger partial charge is 0.379 e. The van der Waals surface area contributed by atoms with Crippen LogP contribution in [0.5, 0.6) is 0 Å². The van der Waals surface area contributed by atoms with Crippen LogP contribution in [0.2, 0.25) is 0 Å². The number of thioether (sulfide) groups is 1. The molecule has 2 heterocycles. The maximum atomic E-state index is 5.42. The van der Waals surface area contributed by atoms with Gasteiger partial charge in [0.15, 0.2) is 0 Å². The van der Waals surface area contributed by atoms with E-state index in [0.717, 1.165) is 38.4 Å². The second-order valence-electron chi connectivity index (χ2n) is 5.73. The molecule has 0 unspecified atom stereocenters. The molecule has 1 aromatic carbocycles. The first kappa shape index (κ1) is 17.1. The zero-order valence-electron chi connectivity index (χ0n) is 14.3. The van der Waals surface area contributed by atoms with Gasteiger partial charge in [0.1, 0.15) is 0 Å². The van der Waals surface area contributed by atoms with Crippen molar-refractivity contribution in [1.82, 2.24) is 19.8 Å². The average Bonchev–Trinajstić information content (AvgIpc) is 3.17. The highest BCUT2D eigenvalue weighted by Gasteiger charge is 2.13. The van der Waals surface area contributed by atoms with Crippen LogP contribution in [-0.4, -0.2) is 59.4 Å². The van der Waals surface area contributed by atoms with Crippen molar-refractivity contribution in [3.8, 4) is 5.69 Å². The highest BCUT2D eigenvalue weighted by atomic mass is 32.2. The maximum absolute atomic E-state index is 5.42. The summed E-state index contributed by atoms with van der Waals surface area (Å²) in [5, 5.41) is 8.78. The van der Waals surface area contributed by atoms with Gasteiger partial charge >= 0.3 is 0 Å². The summed E-state index contributed by atoms with van der Waals surface area (Å²) in [5.41, 5.74) is 2.39. The molecular formula is C18H24N4OS. The van der Waals surface area contributed by atoms with E-state index in [9.17, 15) is 0 Å². The maximum Gasteiger partial charge on any atom is 0.0645 e. The van der Waals surface area contributed by atoms with Crippen molar-refractivity contribution in [2.75, 3.05) is 39.6 Å². The molecule has 1 aromatic heterocycles. The fraction of sp³-hybridized carbons (Fsp3) is 0.389. The summed E-state index contributed by atoms with van der Waals surface area (Å²) < 4.78 is 7.29. The van der Waals surface area contributed by atoms with E-state index in [1.807, 2.05) is 16.9 Å². The number of hydrogen-bond donors (Lipinski definition) is 0. The van der Waals surface area contributed by atoms with Crippen LogP contribution in [0.3, 0.4) is 0 Å². The Kier molecular flexibility index (Phi) is 5.96. The van der Waals surface area contributed by atoms with Gasteiger partial charge in [0.2, 0.25) is 0 Å². The van der Waals surface area contributed by atoms with E-state index < -0.39 is 0 Å². The molecule has 0 aliphatic carbocycles. The lowest BCUT2D eigenvalue weighted by Crippen LogP contribution is -2.44. The number of benzene rings is 1. The normalized spacial score (nSPS) is 16.3. The van der Waals surface area contributed by atoms with Gasteiger partial charge in [-0.05, 0) is 30.0 Å². The number of hydrazine groups is 1. The lowest BCUT2D eigenvalue weighted by molar-refractivity contribution is -0.0501. The summed E-state index contributed by atoms with van der Waals surface area (Å²) in [6.45, 7) is 3.52. The fourth-order valence-corrected chi connectivity index (χ4v) is 3.29. The van der Waals surface area contributed by atoms with E-state index in [1.54, 1.807) is 18.0 Å². The molecule has 5 nitrogen and oxygen atoms in total. The lowest BCUT2D eigenvalue weighted by atomic mass is 10.1. The number of aromatic nitrogens is 2. The Labute approximate surface area is 147 Å². The molecule has 2 aromatic rings. The number of allylic oxidation sites excluding steroid dienone is 1. The van der Waals surface area contributed by atoms with Crippen LogP contribution in [0.25, 0.3) is 5.69 Å². The molecular weight excluding hydrogens is 320 g/mol. The van der Waals surface area contributed by atoms with Crippen LogP contribution in [0.4, 0.5) is 0 Å². The average molecular weight is 344 g/mol. The standard InChI is InChI=1S/C18H24N4OS/c1-20(21-10-12-23-13-11-21)15-18(24-2)14-16-4-6-17(7-5-16)22-9-3-8-19-22/h3-9,15H,10-14H2,1-2H3/b18-15-. The van der Waals surface area contributed by atoms with Crippen LogP contribution < -0.4 is 0 Å².